The molecule has 2 atom stereocenters. The maximum Gasteiger partial charge on any atom is 0.409 e. The van der Waals surface area contributed by atoms with Gasteiger partial charge in [-0.05, 0) is 31.1 Å². The van der Waals surface area contributed by atoms with E-state index in [1.807, 2.05) is 0 Å². The highest BCUT2D eigenvalue weighted by molar-refractivity contribution is 5.83. The molecule has 0 radical (unpaired) electrons. The molecule has 7 heteroatoms. The van der Waals surface area contributed by atoms with Gasteiger partial charge < -0.3 is 10.2 Å². The Kier molecular flexibility index (Phi) is 4.97. The zero-order valence-electron chi connectivity index (χ0n) is 13.9. The molecule has 1 aliphatic carbocycles. The van der Waals surface area contributed by atoms with Gasteiger partial charge in [0.15, 0.2) is 0 Å². The second-order valence-corrected chi connectivity index (χ2v) is 7.75. The fourth-order valence-corrected chi connectivity index (χ4v) is 3.03. The van der Waals surface area contributed by atoms with Gasteiger partial charge in [0.1, 0.15) is 6.04 Å². The molecule has 0 spiro atoms. The lowest BCUT2D eigenvalue weighted by Gasteiger charge is -2.36. The van der Waals surface area contributed by atoms with Crippen molar-refractivity contribution in [3.05, 3.63) is 0 Å². The third-order valence-corrected chi connectivity index (χ3v) is 4.51. The van der Waals surface area contributed by atoms with E-state index in [0.29, 0.717) is 19.4 Å². The van der Waals surface area contributed by atoms with Gasteiger partial charge in [0.05, 0.1) is 5.92 Å². The van der Waals surface area contributed by atoms with Gasteiger partial charge in [0, 0.05) is 19.0 Å². The Morgan fingerprint density at radius 3 is 2.17 bits per heavy atom. The van der Waals surface area contributed by atoms with E-state index >= 15 is 0 Å². The lowest BCUT2D eigenvalue weighted by Crippen LogP contribution is -2.56. The van der Waals surface area contributed by atoms with Crippen LogP contribution in [-0.2, 0) is 9.59 Å². The SMILES string of the molecule is CC(C)(C)[C@H](NC(=O)[C@@H]1CCCN(C(=O)C2CC2)C1)C(F)(F)F. The van der Waals surface area contributed by atoms with E-state index in [9.17, 15) is 22.8 Å². The number of hydrogen-bond donors (Lipinski definition) is 1. The minimum absolute atomic E-state index is 0.0469. The van der Waals surface area contributed by atoms with Crippen LogP contribution in [0.1, 0.15) is 46.5 Å². The van der Waals surface area contributed by atoms with Crippen molar-refractivity contribution >= 4 is 11.8 Å². The van der Waals surface area contributed by atoms with Crippen molar-refractivity contribution in [2.45, 2.75) is 58.7 Å². The molecule has 1 saturated carbocycles. The van der Waals surface area contributed by atoms with E-state index in [4.69, 9.17) is 0 Å². The summed E-state index contributed by atoms with van der Waals surface area (Å²) in [5.41, 5.74) is -1.12. The highest BCUT2D eigenvalue weighted by atomic mass is 19.4. The summed E-state index contributed by atoms with van der Waals surface area (Å²) < 4.78 is 39.5. The summed E-state index contributed by atoms with van der Waals surface area (Å²) in [6.07, 6.45) is -1.55. The van der Waals surface area contributed by atoms with Crippen LogP contribution in [0.5, 0.6) is 0 Å². The first-order valence-electron chi connectivity index (χ1n) is 8.16. The molecule has 132 valence electrons. The first kappa shape index (κ1) is 18.1. The number of nitrogens with zero attached hydrogens (tertiary/aromatic N) is 1. The quantitative estimate of drug-likeness (QED) is 0.863. The summed E-state index contributed by atoms with van der Waals surface area (Å²) in [5.74, 6) is -1.05. The Morgan fingerprint density at radius 1 is 1.09 bits per heavy atom. The van der Waals surface area contributed by atoms with Crippen LogP contribution in [-0.4, -0.2) is 42.0 Å². The number of piperidine rings is 1. The standard InChI is InChI=1S/C16H25F3N2O2/c1-15(2,3)14(16(17,18)19)20-12(22)11-5-4-8-21(9-11)13(23)10-6-7-10/h10-11,14H,4-9H2,1-3H3,(H,20,22)/t11-,14+/m1/s1. The second-order valence-electron chi connectivity index (χ2n) is 7.75. The molecule has 1 heterocycles. The van der Waals surface area contributed by atoms with Gasteiger partial charge in [-0.25, -0.2) is 0 Å². The molecule has 0 unspecified atom stereocenters. The summed E-state index contributed by atoms with van der Waals surface area (Å²) in [6.45, 7) is 5.19. The molecule has 1 saturated heterocycles. The van der Waals surface area contributed by atoms with Crippen molar-refractivity contribution in [3.63, 3.8) is 0 Å². The number of halogens is 3. The van der Waals surface area contributed by atoms with Crippen LogP contribution in [0.25, 0.3) is 0 Å². The van der Waals surface area contributed by atoms with E-state index in [0.717, 1.165) is 12.8 Å². The Balaban J connectivity index is 1.99. The monoisotopic (exact) mass is 334 g/mol. The number of nitrogens with one attached hydrogen (secondary N) is 1. The van der Waals surface area contributed by atoms with Crippen LogP contribution < -0.4 is 5.32 Å². The lowest BCUT2D eigenvalue weighted by molar-refractivity contribution is -0.182. The van der Waals surface area contributed by atoms with Crippen LogP contribution in [0.2, 0.25) is 0 Å². The van der Waals surface area contributed by atoms with Crippen molar-refractivity contribution in [1.82, 2.24) is 10.2 Å². The van der Waals surface area contributed by atoms with Crippen molar-refractivity contribution in [1.29, 1.82) is 0 Å². The number of hydrogen-bond acceptors (Lipinski definition) is 2. The van der Waals surface area contributed by atoms with Crippen molar-refractivity contribution < 1.29 is 22.8 Å². The Morgan fingerprint density at radius 2 is 1.70 bits per heavy atom. The Hall–Kier alpha value is -1.27. The van der Waals surface area contributed by atoms with Gasteiger partial charge in [-0.3, -0.25) is 9.59 Å². The summed E-state index contributed by atoms with van der Waals surface area (Å²) in [4.78, 5) is 26.0. The molecule has 2 fully saturated rings. The van der Waals surface area contributed by atoms with Crippen LogP contribution in [0.4, 0.5) is 13.2 Å². The third-order valence-electron chi connectivity index (χ3n) is 4.51. The number of carbonyl (C=O) groups is 2. The smallest absolute Gasteiger partial charge is 0.344 e. The maximum atomic E-state index is 13.2. The predicted molar refractivity (Wildman–Crippen MR) is 79.5 cm³/mol. The van der Waals surface area contributed by atoms with Gasteiger partial charge >= 0.3 is 6.18 Å². The van der Waals surface area contributed by atoms with Gasteiger partial charge in [0.25, 0.3) is 0 Å². The average Bonchev–Trinajstić information content (AvgIpc) is 3.25. The second kappa shape index (κ2) is 6.32. The number of carbonyl (C=O) groups excluding carboxylic acids is 2. The maximum absolute atomic E-state index is 13.2. The number of alkyl halides is 3. The van der Waals surface area contributed by atoms with Crippen molar-refractivity contribution in [2.24, 2.45) is 17.3 Å². The Labute approximate surface area is 134 Å². The third kappa shape index (κ3) is 4.61. The Bertz CT molecular complexity index is 453. The normalized spacial score (nSPS) is 24.3. The van der Waals surface area contributed by atoms with Crippen LogP contribution in [0.3, 0.4) is 0 Å². The van der Waals surface area contributed by atoms with Crippen LogP contribution in [0.15, 0.2) is 0 Å². The molecule has 2 aliphatic rings. The molecular weight excluding hydrogens is 309 g/mol. The number of rotatable bonds is 3. The number of amides is 2. The summed E-state index contributed by atoms with van der Waals surface area (Å²) in [5, 5.41) is 2.17. The predicted octanol–water partition coefficient (Wildman–Crippen LogP) is 2.73. The minimum atomic E-state index is -4.49. The molecule has 0 aromatic heterocycles. The van der Waals surface area contributed by atoms with Crippen LogP contribution in [0, 0.1) is 17.3 Å². The molecular formula is C16H25F3N2O2. The summed E-state index contributed by atoms with van der Waals surface area (Å²) in [7, 11) is 0. The highest BCUT2D eigenvalue weighted by Gasteiger charge is 2.48. The largest absolute Gasteiger partial charge is 0.409 e. The average molecular weight is 334 g/mol. The van der Waals surface area contributed by atoms with E-state index in [1.165, 1.54) is 20.8 Å². The topological polar surface area (TPSA) is 49.4 Å². The lowest BCUT2D eigenvalue weighted by atomic mass is 9.85. The molecule has 1 N–H and O–H groups in total. The molecule has 1 aliphatic heterocycles. The zero-order valence-corrected chi connectivity index (χ0v) is 13.9. The molecule has 2 amide bonds. The van der Waals surface area contributed by atoms with Crippen molar-refractivity contribution in [3.8, 4) is 0 Å². The van der Waals surface area contributed by atoms with E-state index in [2.05, 4.69) is 5.32 Å². The van der Waals surface area contributed by atoms with Crippen LogP contribution >= 0.6 is 0 Å². The molecule has 0 aromatic rings. The summed E-state index contributed by atoms with van der Waals surface area (Å²) >= 11 is 0. The first-order chi connectivity index (χ1) is 10.5. The fraction of sp³-hybridized carbons (Fsp3) is 0.875. The van der Waals surface area contributed by atoms with Gasteiger partial charge in [-0.1, -0.05) is 20.8 Å². The zero-order chi connectivity index (χ0) is 17.4. The van der Waals surface area contributed by atoms with Crippen molar-refractivity contribution in [2.75, 3.05) is 13.1 Å². The van der Waals surface area contributed by atoms with E-state index in [-0.39, 0.29) is 18.4 Å². The van der Waals surface area contributed by atoms with E-state index < -0.39 is 29.5 Å². The highest BCUT2D eigenvalue weighted by Crippen LogP contribution is 2.35. The first-order valence-corrected chi connectivity index (χ1v) is 8.16. The summed E-state index contributed by atoms with van der Waals surface area (Å²) in [6, 6.07) is -1.89. The fourth-order valence-electron chi connectivity index (χ4n) is 3.03. The minimum Gasteiger partial charge on any atom is -0.344 e. The van der Waals surface area contributed by atoms with E-state index in [1.54, 1.807) is 4.90 Å². The molecule has 4 nitrogen and oxygen atoms in total. The molecule has 0 aromatic carbocycles. The molecule has 0 bridgehead atoms. The van der Waals surface area contributed by atoms with Gasteiger partial charge in [0.2, 0.25) is 11.8 Å². The molecule has 23 heavy (non-hydrogen) atoms. The molecule has 2 rings (SSSR count). The number of likely N-dealkylation sites (tertiary alicyclic amines) is 1. The van der Waals surface area contributed by atoms with Gasteiger partial charge in [-0.2, -0.15) is 13.2 Å². The van der Waals surface area contributed by atoms with Gasteiger partial charge in [-0.15, -0.1) is 0 Å².